The first-order valence-corrected chi connectivity index (χ1v) is 17.6. The van der Waals surface area contributed by atoms with Crippen molar-refractivity contribution in [3.63, 3.8) is 0 Å². The molecule has 4 saturated carbocycles. The summed E-state index contributed by atoms with van der Waals surface area (Å²) < 4.78 is 5.47. The summed E-state index contributed by atoms with van der Waals surface area (Å²) in [6, 6.07) is 16.5. The van der Waals surface area contributed by atoms with Gasteiger partial charge in [0, 0.05) is 49.6 Å². The van der Waals surface area contributed by atoms with Crippen molar-refractivity contribution in [2.45, 2.75) is 69.7 Å². The van der Waals surface area contributed by atoms with Crippen LogP contribution in [0.15, 0.2) is 48.5 Å². The van der Waals surface area contributed by atoms with E-state index in [1.54, 1.807) is 0 Å². The monoisotopic (exact) mass is 613 g/mol. The fourth-order valence-electron chi connectivity index (χ4n) is 9.49. The van der Waals surface area contributed by atoms with E-state index in [2.05, 4.69) is 56.1 Å². The van der Waals surface area contributed by atoms with Crippen LogP contribution in [0.1, 0.15) is 73.7 Å². The molecule has 2 aromatic carbocycles. The van der Waals surface area contributed by atoms with Crippen LogP contribution in [0.3, 0.4) is 0 Å². The maximum Gasteiger partial charge on any atom is 0.319 e. The lowest BCUT2D eigenvalue weighted by Gasteiger charge is -2.56. The van der Waals surface area contributed by atoms with Crippen LogP contribution in [0, 0.1) is 23.7 Å². The standard InChI is InChI=1S/C37H51N5O3/c43-35(38-11-4-12-41-15-17-45-18-16-41)33-23-32(39-36(44)40-37-24-29-20-30(25-37)22-31(21-29)26-37)7-8-34(33)42-13-9-28(10-14-42)19-27-5-2-1-3-6-27/h1-3,5-8,23,28-31H,4,9-22,24-26H2,(H,38,43)(H2,39,40,44). The molecule has 242 valence electrons. The molecule has 4 aliphatic carbocycles. The zero-order chi connectivity index (χ0) is 30.6. The number of piperidine rings is 1. The van der Waals surface area contributed by atoms with Gasteiger partial charge in [-0.15, -0.1) is 0 Å². The van der Waals surface area contributed by atoms with Gasteiger partial charge in [0.05, 0.1) is 18.8 Å². The molecule has 2 aromatic rings. The van der Waals surface area contributed by atoms with Gasteiger partial charge < -0.3 is 25.6 Å². The zero-order valence-corrected chi connectivity index (χ0v) is 26.8. The number of nitrogens with zero attached hydrogens (tertiary/aromatic N) is 2. The normalized spacial score (nSPS) is 28.2. The van der Waals surface area contributed by atoms with E-state index in [0.717, 1.165) is 114 Å². The Kier molecular flexibility index (Phi) is 9.31. The second-order valence-corrected chi connectivity index (χ2v) is 14.7. The topological polar surface area (TPSA) is 85.9 Å². The number of ether oxygens (including phenoxy) is 1. The second kappa shape index (κ2) is 13.7. The van der Waals surface area contributed by atoms with Crippen molar-refractivity contribution in [1.29, 1.82) is 0 Å². The van der Waals surface area contributed by atoms with E-state index in [0.29, 0.717) is 23.7 Å². The molecule has 0 radical (unpaired) electrons. The maximum absolute atomic E-state index is 13.7. The molecule has 4 bridgehead atoms. The third-order valence-corrected chi connectivity index (χ3v) is 11.3. The second-order valence-electron chi connectivity index (χ2n) is 14.7. The predicted octanol–water partition coefficient (Wildman–Crippen LogP) is 5.69. The first-order valence-electron chi connectivity index (χ1n) is 17.6. The molecule has 8 nitrogen and oxygen atoms in total. The summed E-state index contributed by atoms with van der Waals surface area (Å²) in [5, 5.41) is 9.73. The Morgan fingerprint density at radius 2 is 1.56 bits per heavy atom. The van der Waals surface area contributed by atoms with Gasteiger partial charge in [0.1, 0.15) is 0 Å². The first kappa shape index (κ1) is 30.5. The number of morpholine rings is 1. The van der Waals surface area contributed by atoms with Crippen molar-refractivity contribution in [2.75, 3.05) is 62.7 Å². The van der Waals surface area contributed by atoms with Gasteiger partial charge in [0.25, 0.3) is 5.91 Å². The first-order chi connectivity index (χ1) is 22.0. The molecular weight excluding hydrogens is 562 g/mol. The number of carbonyl (C=O) groups excluding carboxylic acids is 2. The predicted molar refractivity (Wildman–Crippen MR) is 179 cm³/mol. The van der Waals surface area contributed by atoms with Crippen LogP contribution in [0.4, 0.5) is 16.2 Å². The number of anilines is 2. The van der Waals surface area contributed by atoms with Crippen LogP contribution in [0.2, 0.25) is 0 Å². The number of hydrogen-bond acceptors (Lipinski definition) is 5. The number of urea groups is 1. The average Bonchev–Trinajstić information content (AvgIpc) is 3.03. The number of hydrogen-bond donors (Lipinski definition) is 3. The van der Waals surface area contributed by atoms with Crippen LogP contribution in [-0.2, 0) is 11.2 Å². The average molecular weight is 614 g/mol. The Hall–Kier alpha value is -3.10. The van der Waals surface area contributed by atoms with Crippen molar-refractivity contribution >= 4 is 23.3 Å². The molecule has 2 aliphatic heterocycles. The van der Waals surface area contributed by atoms with Crippen LogP contribution >= 0.6 is 0 Å². The highest BCUT2D eigenvalue weighted by Crippen LogP contribution is 2.55. The van der Waals surface area contributed by atoms with Crippen LogP contribution in [0.5, 0.6) is 0 Å². The molecule has 0 spiro atoms. The van der Waals surface area contributed by atoms with Gasteiger partial charge >= 0.3 is 6.03 Å². The van der Waals surface area contributed by atoms with Crippen molar-refractivity contribution in [1.82, 2.24) is 15.5 Å². The summed E-state index contributed by atoms with van der Waals surface area (Å²) in [5.74, 6) is 2.89. The Labute approximate surface area is 268 Å². The largest absolute Gasteiger partial charge is 0.379 e. The van der Waals surface area contributed by atoms with Crippen molar-refractivity contribution in [3.8, 4) is 0 Å². The summed E-state index contributed by atoms with van der Waals surface area (Å²) in [7, 11) is 0. The lowest BCUT2D eigenvalue weighted by Crippen LogP contribution is -2.60. The van der Waals surface area contributed by atoms with E-state index in [4.69, 9.17) is 4.74 Å². The molecule has 0 unspecified atom stereocenters. The van der Waals surface area contributed by atoms with E-state index >= 15 is 0 Å². The summed E-state index contributed by atoms with van der Waals surface area (Å²) in [6.07, 6.45) is 11.6. The molecule has 8 rings (SSSR count). The van der Waals surface area contributed by atoms with E-state index in [9.17, 15) is 9.59 Å². The highest BCUT2D eigenvalue weighted by atomic mass is 16.5. The lowest BCUT2D eigenvalue weighted by molar-refractivity contribution is -0.0127. The summed E-state index contributed by atoms with van der Waals surface area (Å²) in [6.45, 7) is 6.91. The Bertz CT molecular complexity index is 1280. The van der Waals surface area contributed by atoms with Gasteiger partial charge in [-0.25, -0.2) is 4.79 Å². The van der Waals surface area contributed by atoms with Gasteiger partial charge in [-0.05, 0) is 118 Å². The third-order valence-electron chi connectivity index (χ3n) is 11.3. The Morgan fingerprint density at radius 3 is 2.24 bits per heavy atom. The SMILES string of the molecule is O=C(Nc1ccc(N2CCC(Cc3ccccc3)CC2)c(C(=O)NCCCN2CCOCC2)c1)NC12CC3CC(CC(C3)C1)C2. The highest BCUT2D eigenvalue weighted by molar-refractivity contribution is 6.02. The van der Waals surface area contributed by atoms with Gasteiger partial charge in [-0.3, -0.25) is 9.69 Å². The maximum atomic E-state index is 13.7. The lowest BCUT2D eigenvalue weighted by atomic mass is 9.53. The number of amides is 3. The molecule has 2 saturated heterocycles. The number of carbonyl (C=O) groups is 2. The number of nitrogens with one attached hydrogen (secondary N) is 3. The van der Waals surface area contributed by atoms with Crippen LogP contribution in [0.25, 0.3) is 0 Å². The number of rotatable bonds is 10. The third kappa shape index (κ3) is 7.49. The van der Waals surface area contributed by atoms with Crippen molar-refractivity contribution in [2.24, 2.45) is 23.7 Å². The van der Waals surface area contributed by atoms with Gasteiger partial charge in [-0.1, -0.05) is 30.3 Å². The molecule has 0 aromatic heterocycles. The van der Waals surface area contributed by atoms with Crippen LogP contribution in [-0.4, -0.2) is 74.9 Å². The molecule has 3 amide bonds. The Morgan fingerprint density at radius 1 is 0.867 bits per heavy atom. The quantitative estimate of drug-likeness (QED) is 0.300. The minimum absolute atomic E-state index is 0.0520. The molecular formula is C37H51N5O3. The zero-order valence-electron chi connectivity index (χ0n) is 26.8. The molecule has 6 fully saturated rings. The van der Waals surface area contributed by atoms with Gasteiger partial charge in [0.2, 0.25) is 0 Å². The minimum atomic E-state index is -0.136. The Balaban J connectivity index is 1.01. The molecule has 0 atom stereocenters. The number of benzene rings is 2. The highest BCUT2D eigenvalue weighted by Gasteiger charge is 2.51. The van der Waals surface area contributed by atoms with Crippen LogP contribution < -0.4 is 20.9 Å². The van der Waals surface area contributed by atoms with E-state index in [1.807, 2.05) is 18.2 Å². The summed E-state index contributed by atoms with van der Waals surface area (Å²) in [5.41, 5.74) is 3.64. The fraction of sp³-hybridized carbons (Fsp3) is 0.622. The van der Waals surface area contributed by atoms with Gasteiger partial charge in [-0.2, -0.15) is 0 Å². The molecule has 2 heterocycles. The molecule has 3 N–H and O–H groups in total. The summed E-state index contributed by atoms with van der Waals surface area (Å²) in [4.78, 5) is 31.8. The molecule has 6 aliphatic rings. The minimum Gasteiger partial charge on any atom is -0.379 e. The van der Waals surface area contributed by atoms with Gasteiger partial charge in [0.15, 0.2) is 0 Å². The summed E-state index contributed by atoms with van der Waals surface area (Å²) >= 11 is 0. The van der Waals surface area contributed by atoms with E-state index < -0.39 is 0 Å². The van der Waals surface area contributed by atoms with Crippen molar-refractivity contribution in [3.05, 3.63) is 59.7 Å². The fourth-order valence-corrected chi connectivity index (χ4v) is 9.49. The smallest absolute Gasteiger partial charge is 0.319 e. The molecule has 45 heavy (non-hydrogen) atoms. The van der Waals surface area contributed by atoms with E-state index in [-0.39, 0.29) is 17.5 Å². The van der Waals surface area contributed by atoms with E-state index in [1.165, 1.54) is 24.8 Å². The van der Waals surface area contributed by atoms with Crippen molar-refractivity contribution < 1.29 is 14.3 Å². The molecule has 8 heteroatoms.